The summed E-state index contributed by atoms with van der Waals surface area (Å²) in [7, 11) is -3.83. The molecule has 1 aromatic heterocycles. The lowest BCUT2D eigenvalue weighted by Crippen LogP contribution is -2.39. The Morgan fingerprint density at radius 3 is 2.57 bits per heavy atom. The van der Waals surface area contributed by atoms with Crippen molar-refractivity contribution < 1.29 is 13.5 Å². The molecule has 0 saturated heterocycles. The highest BCUT2D eigenvalue weighted by atomic mass is 35.5. The van der Waals surface area contributed by atoms with E-state index in [1.165, 1.54) is 18.5 Å². The molecule has 1 unspecified atom stereocenters. The Morgan fingerprint density at radius 2 is 1.95 bits per heavy atom. The number of sulfonamides is 1. The van der Waals surface area contributed by atoms with Crippen molar-refractivity contribution in [1.82, 2.24) is 9.71 Å². The zero-order chi connectivity index (χ0) is 15.3. The highest BCUT2D eigenvalue weighted by Gasteiger charge is 2.22. The number of aromatic nitrogens is 1. The van der Waals surface area contributed by atoms with Crippen LogP contribution < -0.4 is 4.72 Å². The van der Waals surface area contributed by atoms with Crippen molar-refractivity contribution in [1.29, 1.82) is 0 Å². The van der Waals surface area contributed by atoms with Gasteiger partial charge in [-0.25, -0.2) is 13.1 Å². The fourth-order valence-electron chi connectivity index (χ4n) is 1.89. The number of halogens is 1. The Hall–Kier alpha value is -1.47. The molecule has 5 nitrogen and oxygen atoms in total. The first kappa shape index (κ1) is 15.9. The van der Waals surface area contributed by atoms with E-state index in [0.717, 1.165) is 5.56 Å². The molecule has 0 aliphatic heterocycles. The molecule has 0 amide bonds. The van der Waals surface area contributed by atoms with Gasteiger partial charge in [0.2, 0.25) is 10.0 Å². The van der Waals surface area contributed by atoms with Gasteiger partial charge in [0, 0.05) is 18.4 Å². The Balaban J connectivity index is 2.16. The van der Waals surface area contributed by atoms with Crippen LogP contribution in [0.15, 0.2) is 53.7 Å². The summed E-state index contributed by atoms with van der Waals surface area (Å²) >= 11 is 5.87. The fourth-order valence-corrected chi connectivity index (χ4v) is 3.54. The third kappa shape index (κ3) is 4.25. The zero-order valence-corrected chi connectivity index (χ0v) is 12.7. The van der Waals surface area contributed by atoms with Crippen LogP contribution in [0.3, 0.4) is 0 Å². The molecule has 7 heteroatoms. The number of benzene rings is 1. The van der Waals surface area contributed by atoms with Gasteiger partial charge in [-0.3, -0.25) is 4.98 Å². The average molecular weight is 327 g/mol. The van der Waals surface area contributed by atoms with Crippen molar-refractivity contribution >= 4 is 21.6 Å². The molecule has 0 radical (unpaired) electrons. The summed E-state index contributed by atoms with van der Waals surface area (Å²) in [5.74, 6) is 0. The first-order valence-corrected chi connectivity index (χ1v) is 8.15. The van der Waals surface area contributed by atoms with Crippen LogP contribution in [-0.2, 0) is 16.4 Å². The van der Waals surface area contributed by atoms with E-state index in [1.54, 1.807) is 0 Å². The van der Waals surface area contributed by atoms with Crippen molar-refractivity contribution in [2.45, 2.75) is 17.4 Å². The highest BCUT2D eigenvalue weighted by molar-refractivity contribution is 7.89. The average Bonchev–Trinajstić information content (AvgIpc) is 2.47. The number of aliphatic hydroxyl groups is 1. The second kappa shape index (κ2) is 7.00. The van der Waals surface area contributed by atoms with E-state index in [0.29, 0.717) is 6.42 Å². The number of pyridine rings is 1. The fraction of sp³-hybridized carbons (Fsp3) is 0.214. The summed E-state index contributed by atoms with van der Waals surface area (Å²) in [5.41, 5.74) is 0.927. The van der Waals surface area contributed by atoms with Gasteiger partial charge >= 0.3 is 0 Å². The third-order valence-corrected chi connectivity index (χ3v) is 4.88. The zero-order valence-electron chi connectivity index (χ0n) is 11.1. The lowest BCUT2D eigenvalue weighted by Gasteiger charge is -2.17. The molecule has 0 saturated carbocycles. The van der Waals surface area contributed by atoms with E-state index in [4.69, 9.17) is 11.6 Å². The van der Waals surface area contributed by atoms with Crippen LogP contribution in [0, 0.1) is 0 Å². The summed E-state index contributed by atoms with van der Waals surface area (Å²) in [6.07, 6.45) is 2.98. The maximum Gasteiger partial charge on any atom is 0.243 e. The lowest BCUT2D eigenvalue weighted by atomic mass is 10.1. The minimum absolute atomic E-state index is 0.0916. The van der Waals surface area contributed by atoms with E-state index in [-0.39, 0.29) is 16.5 Å². The number of nitrogens with zero attached hydrogens (tertiary/aromatic N) is 1. The Kier molecular flexibility index (Phi) is 5.30. The molecule has 21 heavy (non-hydrogen) atoms. The monoisotopic (exact) mass is 326 g/mol. The molecule has 1 heterocycles. The van der Waals surface area contributed by atoms with Gasteiger partial charge in [-0.05, 0) is 18.1 Å². The van der Waals surface area contributed by atoms with Crippen molar-refractivity contribution in [2.24, 2.45) is 0 Å². The van der Waals surface area contributed by atoms with Gasteiger partial charge < -0.3 is 5.11 Å². The van der Waals surface area contributed by atoms with Crippen LogP contribution in [-0.4, -0.2) is 31.2 Å². The molecular formula is C14H15ClN2O3S. The number of hydrogen-bond donors (Lipinski definition) is 2. The first-order chi connectivity index (χ1) is 10.0. The maximum atomic E-state index is 12.3. The highest BCUT2D eigenvalue weighted by Crippen LogP contribution is 2.19. The quantitative estimate of drug-likeness (QED) is 0.845. The van der Waals surface area contributed by atoms with Gasteiger partial charge in [0.15, 0.2) is 0 Å². The summed E-state index contributed by atoms with van der Waals surface area (Å²) in [6.45, 7) is -0.313. The van der Waals surface area contributed by atoms with Gasteiger partial charge in [0.05, 0.1) is 11.6 Å². The SMILES string of the molecule is O=S(=O)(NC(CO)Cc1ccccc1)c1cnccc1Cl. The van der Waals surface area contributed by atoms with Crippen LogP contribution in [0.25, 0.3) is 0 Å². The van der Waals surface area contributed by atoms with Crippen LogP contribution in [0.2, 0.25) is 5.02 Å². The topological polar surface area (TPSA) is 79.3 Å². The third-order valence-electron chi connectivity index (χ3n) is 2.89. The van der Waals surface area contributed by atoms with Crippen LogP contribution in [0.4, 0.5) is 0 Å². The van der Waals surface area contributed by atoms with Gasteiger partial charge in [0.1, 0.15) is 4.90 Å². The molecule has 0 bridgehead atoms. The van der Waals surface area contributed by atoms with Gasteiger partial charge in [-0.15, -0.1) is 0 Å². The molecule has 0 spiro atoms. The normalized spacial score (nSPS) is 13.0. The van der Waals surface area contributed by atoms with E-state index < -0.39 is 16.1 Å². The van der Waals surface area contributed by atoms with Crippen LogP contribution in [0.1, 0.15) is 5.56 Å². The first-order valence-electron chi connectivity index (χ1n) is 6.29. The van der Waals surface area contributed by atoms with E-state index in [2.05, 4.69) is 9.71 Å². The van der Waals surface area contributed by atoms with Crippen molar-refractivity contribution in [2.75, 3.05) is 6.61 Å². The van der Waals surface area contributed by atoms with Gasteiger partial charge in [0.25, 0.3) is 0 Å². The van der Waals surface area contributed by atoms with Gasteiger partial charge in [-0.1, -0.05) is 41.9 Å². The van der Waals surface area contributed by atoms with Crippen LogP contribution in [0.5, 0.6) is 0 Å². The molecule has 1 aromatic carbocycles. The van der Waals surface area contributed by atoms with E-state index in [9.17, 15) is 13.5 Å². The van der Waals surface area contributed by atoms with Crippen molar-refractivity contribution in [3.05, 3.63) is 59.4 Å². The minimum Gasteiger partial charge on any atom is -0.395 e. The van der Waals surface area contributed by atoms with Gasteiger partial charge in [-0.2, -0.15) is 0 Å². The predicted molar refractivity (Wildman–Crippen MR) is 80.6 cm³/mol. The Morgan fingerprint density at radius 1 is 1.24 bits per heavy atom. The molecule has 2 N–H and O–H groups in total. The second-order valence-corrected chi connectivity index (χ2v) is 6.59. The number of aliphatic hydroxyl groups excluding tert-OH is 1. The minimum atomic E-state index is -3.83. The lowest BCUT2D eigenvalue weighted by molar-refractivity contribution is 0.256. The second-order valence-electron chi connectivity index (χ2n) is 4.50. The summed E-state index contributed by atoms with van der Waals surface area (Å²) in [4.78, 5) is 3.66. The number of rotatable bonds is 6. The standard InChI is InChI=1S/C14H15ClN2O3S/c15-13-6-7-16-9-14(13)21(19,20)17-12(10-18)8-11-4-2-1-3-5-11/h1-7,9,12,17-18H,8,10H2. The van der Waals surface area contributed by atoms with E-state index in [1.807, 2.05) is 30.3 Å². The Labute approximate surface area is 128 Å². The molecule has 0 aliphatic carbocycles. The molecule has 0 aliphatic rings. The smallest absolute Gasteiger partial charge is 0.243 e. The number of nitrogens with one attached hydrogen (secondary N) is 1. The summed E-state index contributed by atoms with van der Waals surface area (Å²) in [6, 6.07) is 10.1. The molecule has 2 rings (SSSR count). The largest absolute Gasteiger partial charge is 0.395 e. The molecule has 1 atom stereocenters. The predicted octanol–water partition coefficient (Wildman–Crippen LogP) is 1.62. The summed E-state index contributed by atoms with van der Waals surface area (Å²) < 4.78 is 27.0. The molecule has 2 aromatic rings. The summed E-state index contributed by atoms with van der Waals surface area (Å²) in [5, 5.41) is 9.48. The maximum absolute atomic E-state index is 12.3. The molecule has 0 fully saturated rings. The molecular weight excluding hydrogens is 312 g/mol. The Bertz CT molecular complexity index is 692. The van der Waals surface area contributed by atoms with Crippen LogP contribution >= 0.6 is 11.6 Å². The number of hydrogen-bond acceptors (Lipinski definition) is 4. The van der Waals surface area contributed by atoms with Crippen molar-refractivity contribution in [3.8, 4) is 0 Å². The van der Waals surface area contributed by atoms with E-state index >= 15 is 0 Å². The molecule has 112 valence electrons. The van der Waals surface area contributed by atoms with Crippen molar-refractivity contribution in [3.63, 3.8) is 0 Å².